The van der Waals surface area contributed by atoms with Gasteiger partial charge in [-0.3, -0.25) is 9.69 Å². The molecule has 3 aromatic rings. The molecular formula is C23H21N3O. The molecule has 0 unspecified atom stereocenters. The quantitative estimate of drug-likeness (QED) is 0.734. The summed E-state index contributed by atoms with van der Waals surface area (Å²) in [6, 6.07) is 16.0. The number of rotatable bonds is 3. The summed E-state index contributed by atoms with van der Waals surface area (Å²) in [5.41, 5.74) is 5.78. The second-order valence-electron chi connectivity index (χ2n) is 6.97. The molecule has 1 aliphatic rings. The van der Waals surface area contributed by atoms with Crippen molar-refractivity contribution in [2.75, 3.05) is 6.54 Å². The van der Waals surface area contributed by atoms with Crippen LogP contribution in [0.1, 0.15) is 27.9 Å². The SMILES string of the molecule is C#Cc1ccccc1CN1CCc2c(nc(-c3ccc(C)cc3)[nH]c2=O)C1. The lowest BCUT2D eigenvalue weighted by molar-refractivity contribution is 0.240. The van der Waals surface area contributed by atoms with Crippen molar-refractivity contribution < 1.29 is 0 Å². The number of terminal acetylenes is 1. The number of fused-ring (bicyclic) bond motifs is 1. The van der Waals surface area contributed by atoms with Crippen LogP contribution in [-0.4, -0.2) is 21.4 Å². The van der Waals surface area contributed by atoms with E-state index in [2.05, 4.69) is 21.9 Å². The van der Waals surface area contributed by atoms with Gasteiger partial charge in [-0.25, -0.2) is 4.98 Å². The Hall–Kier alpha value is -3.16. The highest BCUT2D eigenvalue weighted by atomic mass is 16.1. The van der Waals surface area contributed by atoms with Gasteiger partial charge in [-0.1, -0.05) is 53.9 Å². The van der Waals surface area contributed by atoms with E-state index in [9.17, 15) is 4.79 Å². The van der Waals surface area contributed by atoms with Gasteiger partial charge in [0.15, 0.2) is 0 Å². The van der Waals surface area contributed by atoms with E-state index in [1.54, 1.807) is 0 Å². The van der Waals surface area contributed by atoms with Crippen molar-refractivity contribution in [2.45, 2.75) is 26.4 Å². The molecule has 1 aliphatic heterocycles. The van der Waals surface area contributed by atoms with Crippen molar-refractivity contribution in [1.29, 1.82) is 0 Å². The Bertz CT molecular complexity index is 1070. The van der Waals surface area contributed by atoms with E-state index in [1.807, 2.05) is 49.4 Å². The molecule has 4 heteroatoms. The Labute approximate surface area is 158 Å². The van der Waals surface area contributed by atoms with Crippen LogP contribution in [0.2, 0.25) is 0 Å². The third-order valence-corrected chi connectivity index (χ3v) is 5.04. The van der Waals surface area contributed by atoms with Crippen molar-refractivity contribution in [3.05, 3.63) is 86.8 Å². The molecule has 0 aliphatic carbocycles. The van der Waals surface area contributed by atoms with Crippen LogP contribution in [0.15, 0.2) is 53.3 Å². The van der Waals surface area contributed by atoms with Gasteiger partial charge in [-0.05, 0) is 25.0 Å². The third kappa shape index (κ3) is 3.55. The first-order chi connectivity index (χ1) is 13.1. The predicted octanol–water partition coefficient (Wildman–Crippen LogP) is 3.28. The van der Waals surface area contributed by atoms with Gasteiger partial charge in [-0.15, -0.1) is 6.42 Å². The van der Waals surface area contributed by atoms with Crippen molar-refractivity contribution in [1.82, 2.24) is 14.9 Å². The van der Waals surface area contributed by atoms with E-state index in [0.717, 1.165) is 41.0 Å². The molecule has 4 rings (SSSR count). The van der Waals surface area contributed by atoms with Gasteiger partial charge in [0.1, 0.15) is 5.82 Å². The maximum Gasteiger partial charge on any atom is 0.254 e. The summed E-state index contributed by atoms with van der Waals surface area (Å²) in [6.45, 7) is 4.27. The normalized spacial score (nSPS) is 13.8. The molecule has 0 saturated heterocycles. The zero-order valence-corrected chi connectivity index (χ0v) is 15.3. The minimum Gasteiger partial charge on any atom is -0.306 e. The number of hydrogen-bond donors (Lipinski definition) is 1. The minimum absolute atomic E-state index is 0.0285. The summed E-state index contributed by atoms with van der Waals surface area (Å²) in [5, 5.41) is 0. The molecule has 0 saturated carbocycles. The molecule has 134 valence electrons. The van der Waals surface area contributed by atoms with Crippen LogP contribution in [0, 0.1) is 19.3 Å². The van der Waals surface area contributed by atoms with Crippen molar-refractivity contribution in [3.8, 4) is 23.7 Å². The number of benzene rings is 2. The highest BCUT2D eigenvalue weighted by Gasteiger charge is 2.22. The Morgan fingerprint density at radius 2 is 1.96 bits per heavy atom. The van der Waals surface area contributed by atoms with Crippen LogP contribution >= 0.6 is 0 Å². The zero-order chi connectivity index (χ0) is 18.8. The number of nitrogens with one attached hydrogen (secondary N) is 1. The fraction of sp³-hybridized carbons (Fsp3) is 0.217. The Morgan fingerprint density at radius 3 is 2.74 bits per heavy atom. The van der Waals surface area contributed by atoms with E-state index >= 15 is 0 Å². The van der Waals surface area contributed by atoms with Crippen LogP contribution in [0.4, 0.5) is 0 Å². The van der Waals surface area contributed by atoms with Crippen molar-refractivity contribution in [2.24, 2.45) is 0 Å². The lowest BCUT2D eigenvalue weighted by atomic mass is 10.0. The highest BCUT2D eigenvalue weighted by molar-refractivity contribution is 5.55. The summed E-state index contributed by atoms with van der Waals surface area (Å²) in [5.74, 6) is 3.38. The number of aromatic amines is 1. The van der Waals surface area contributed by atoms with E-state index in [4.69, 9.17) is 11.4 Å². The summed E-state index contributed by atoms with van der Waals surface area (Å²) >= 11 is 0. The predicted molar refractivity (Wildman–Crippen MR) is 107 cm³/mol. The van der Waals surface area contributed by atoms with Crippen LogP contribution < -0.4 is 5.56 Å². The van der Waals surface area contributed by atoms with Crippen LogP contribution in [0.25, 0.3) is 11.4 Å². The highest BCUT2D eigenvalue weighted by Crippen LogP contribution is 2.21. The fourth-order valence-electron chi connectivity index (χ4n) is 3.52. The summed E-state index contributed by atoms with van der Waals surface area (Å²) in [7, 11) is 0. The summed E-state index contributed by atoms with van der Waals surface area (Å²) in [6.07, 6.45) is 6.32. The fourth-order valence-corrected chi connectivity index (χ4v) is 3.52. The number of nitrogens with zero attached hydrogens (tertiary/aromatic N) is 2. The second kappa shape index (κ2) is 7.22. The van der Waals surface area contributed by atoms with Crippen molar-refractivity contribution >= 4 is 0 Å². The minimum atomic E-state index is -0.0285. The number of H-pyrrole nitrogens is 1. The van der Waals surface area contributed by atoms with Crippen molar-refractivity contribution in [3.63, 3.8) is 0 Å². The maximum absolute atomic E-state index is 12.5. The average molecular weight is 355 g/mol. The van der Waals surface area contributed by atoms with Gasteiger partial charge in [0.05, 0.1) is 5.69 Å². The molecule has 0 fully saturated rings. The first kappa shape index (κ1) is 17.3. The summed E-state index contributed by atoms with van der Waals surface area (Å²) < 4.78 is 0. The molecule has 0 atom stereocenters. The Balaban J connectivity index is 1.63. The third-order valence-electron chi connectivity index (χ3n) is 5.04. The molecule has 2 heterocycles. The average Bonchev–Trinajstić information content (AvgIpc) is 2.68. The van der Waals surface area contributed by atoms with Gasteiger partial charge in [0.25, 0.3) is 5.56 Å². The second-order valence-corrected chi connectivity index (χ2v) is 6.97. The number of hydrogen-bond acceptors (Lipinski definition) is 3. The lowest BCUT2D eigenvalue weighted by Gasteiger charge is -2.28. The zero-order valence-electron chi connectivity index (χ0n) is 15.3. The molecule has 0 bridgehead atoms. The van der Waals surface area contributed by atoms with E-state index in [1.165, 1.54) is 5.56 Å². The van der Waals surface area contributed by atoms with E-state index < -0.39 is 0 Å². The molecule has 1 aromatic heterocycles. The Kier molecular flexibility index (Phi) is 4.62. The van der Waals surface area contributed by atoms with Gasteiger partial charge >= 0.3 is 0 Å². The van der Waals surface area contributed by atoms with Crippen LogP contribution in [0.3, 0.4) is 0 Å². The molecule has 27 heavy (non-hydrogen) atoms. The molecule has 1 N–H and O–H groups in total. The van der Waals surface area contributed by atoms with Gasteiger partial charge < -0.3 is 4.98 Å². The largest absolute Gasteiger partial charge is 0.306 e. The molecule has 0 spiro atoms. The van der Waals surface area contributed by atoms with Gasteiger partial charge in [-0.2, -0.15) is 0 Å². The standard InChI is InChI=1S/C23H21N3O/c1-3-17-6-4-5-7-19(17)14-26-13-12-20-21(15-26)24-22(25-23(20)27)18-10-8-16(2)9-11-18/h1,4-11H,12-15H2,2H3,(H,24,25,27). The van der Waals surface area contributed by atoms with E-state index in [-0.39, 0.29) is 5.56 Å². The monoisotopic (exact) mass is 355 g/mol. The smallest absolute Gasteiger partial charge is 0.254 e. The van der Waals surface area contributed by atoms with E-state index in [0.29, 0.717) is 18.8 Å². The number of aromatic nitrogens is 2. The van der Waals surface area contributed by atoms with Gasteiger partial charge in [0.2, 0.25) is 0 Å². The topological polar surface area (TPSA) is 49.0 Å². The van der Waals surface area contributed by atoms with Crippen LogP contribution in [-0.2, 0) is 19.5 Å². The Morgan fingerprint density at radius 1 is 1.19 bits per heavy atom. The van der Waals surface area contributed by atoms with Crippen LogP contribution in [0.5, 0.6) is 0 Å². The molecule has 0 radical (unpaired) electrons. The first-order valence-corrected chi connectivity index (χ1v) is 9.10. The maximum atomic E-state index is 12.5. The molecule has 2 aromatic carbocycles. The lowest BCUT2D eigenvalue weighted by Crippen LogP contribution is -2.35. The number of aryl methyl sites for hydroxylation is 1. The van der Waals surface area contributed by atoms with Gasteiger partial charge in [0, 0.05) is 36.3 Å². The molecule has 0 amide bonds. The molecular weight excluding hydrogens is 334 g/mol. The first-order valence-electron chi connectivity index (χ1n) is 9.10. The molecule has 4 nitrogen and oxygen atoms in total. The summed E-state index contributed by atoms with van der Waals surface area (Å²) in [4.78, 5) is 22.6.